The second kappa shape index (κ2) is 6.54. The van der Waals surface area contributed by atoms with Gasteiger partial charge in [0.2, 0.25) is 0 Å². The number of ether oxygens (including phenoxy) is 1. The summed E-state index contributed by atoms with van der Waals surface area (Å²) in [6, 6.07) is 8.72. The summed E-state index contributed by atoms with van der Waals surface area (Å²) in [6.45, 7) is 4.59. The van der Waals surface area contributed by atoms with Crippen LogP contribution in [0.2, 0.25) is 0 Å². The van der Waals surface area contributed by atoms with E-state index in [0.717, 1.165) is 17.5 Å². The first-order valence-corrected chi connectivity index (χ1v) is 8.57. The SMILES string of the molecule is Cc1ccc(OC(=O)[C@@H]2CCCN2C(=O)c2cccs2)cc1C. The molecule has 0 bridgehead atoms. The van der Waals surface area contributed by atoms with Crippen molar-refractivity contribution < 1.29 is 14.3 Å². The Labute approximate surface area is 139 Å². The number of esters is 1. The van der Waals surface area contributed by atoms with E-state index in [1.54, 1.807) is 17.0 Å². The number of hydrogen-bond donors (Lipinski definition) is 0. The Morgan fingerprint density at radius 1 is 1.22 bits per heavy atom. The molecule has 5 heteroatoms. The Kier molecular flexibility index (Phi) is 4.48. The molecule has 1 aromatic heterocycles. The number of benzene rings is 1. The molecule has 1 amide bonds. The van der Waals surface area contributed by atoms with Crippen molar-refractivity contribution in [1.29, 1.82) is 0 Å². The molecule has 1 fully saturated rings. The Hall–Kier alpha value is -2.14. The highest BCUT2D eigenvalue weighted by molar-refractivity contribution is 7.12. The predicted molar refractivity (Wildman–Crippen MR) is 89.9 cm³/mol. The van der Waals surface area contributed by atoms with Crippen molar-refractivity contribution >= 4 is 23.2 Å². The molecular formula is C18H19NO3S. The number of carbonyl (C=O) groups is 2. The van der Waals surface area contributed by atoms with Crippen LogP contribution < -0.4 is 4.74 Å². The second-order valence-electron chi connectivity index (χ2n) is 5.80. The molecule has 4 nitrogen and oxygen atoms in total. The van der Waals surface area contributed by atoms with Crippen LogP contribution in [-0.2, 0) is 4.79 Å². The minimum Gasteiger partial charge on any atom is -0.425 e. The van der Waals surface area contributed by atoms with Crippen LogP contribution in [0, 0.1) is 13.8 Å². The molecule has 0 spiro atoms. The highest BCUT2D eigenvalue weighted by Crippen LogP contribution is 2.24. The number of thiophene rings is 1. The monoisotopic (exact) mass is 329 g/mol. The molecule has 2 aromatic rings. The summed E-state index contributed by atoms with van der Waals surface area (Å²) in [5, 5.41) is 1.87. The number of nitrogens with zero attached hydrogens (tertiary/aromatic N) is 1. The fourth-order valence-electron chi connectivity index (χ4n) is 2.76. The van der Waals surface area contributed by atoms with Gasteiger partial charge >= 0.3 is 5.97 Å². The van der Waals surface area contributed by atoms with Crippen LogP contribution in [0.5, 0.6) is 5.75 Å². The van der Waals surface area contributed by atoms with Gasteiger partial charge in [-0.1, -0.05) is 12.1 Å². The van der Waals surface area contributed by atoms with Crippen molar-refractivity contribution in [3.63, 3.8) is 0 Å². The molecule has 1 atom stereocenters. The third-order valence-corrected chi connectivity index (χ3v) is 5.07. The highest BCUT2D eigenvalue weighted by Gasteiger charge is 2.36. The maximum Gasteiger partial charge on any atom is 0.334 e. The Balaban J connectivity index is 1.73. The van der Waals surface area contributed by atoms with Crippen LogP contribution in [0.1, 0.15) is 33.6 Å². The average molecular weight is 329 g/mol. The summed E-state index contributed by atoms with van der Waals surface area (Å²) in [7, 11) is 0. The number of likely N-dealkylation sites (tertiary alicyclic amines) is 1. The molecule has 0 aliphatic carbocycles. The maximum atomic E-state index is 12.5. The van der Waals surface area contributed by atoms with Gasteiger partial charge in [-0.2, -0.15) is 0 Å². The number of carbonyl (C=O) groups excluding carboxylic acids is 2. The summed E-state index contributed by atoms with van der Waals surface area (Å²) in [5.74, 6) is 0.101. The summed E-state index contributed by atoms with van der Waals surface area (Å²) in [4.78, 5) is 27.3. The molecule has 1 saturated heterocycles. The van der Waals surface area contributed by atoms with E-state index in [9.17, 15) is 9.59 Å². The van der Waals surface area contributed by atoms with Crippen LogP contribution >= 0.6 is 11.3 Å². The fraction of sp³-hybridized carbons (Fsp3) is 0.333. The molecule has 1 aliphatic heterocycles. The molecule has 0 unspecified atom stereocenters. The lowest BCUT2D eigenvalue weighted by atomic mass is 10.1. The molecule has 1 aromatic carbocycles. The molecule has 3 rings (SSSR count). The van der Waals surface area contributed by atoms with Gasteiger partial charge in [0.1, 0.15) is 11.8 Å². The smallest absolute Gasteiger partial charge is 0.334 e. The van der Waals surface area contributed by atoms with Gasteiger partial charge in [-0.15, -0.1) is 11.3 Å². The van der Waals surface area contributed by atoms with Gasteiger partial charge in [0, 0.05) is 6.54 Å². The van der Waals surface area contributed by atoms with Gasteiger partial charge in [-0.05, 0) is 61.4 Å². The third-order valence-electron chi connectivity index (χ3n) is 4.21. The van der Waals surface area contributed by atoms with E-state index in [2.05, 4.69) is 0 Å². The molecule has 120 valence electrons. The van der Waals surface area contributed by atoms with Crippen LogP contribution in [0.3, 0.4) is 0 Å². The second-order valence-corrected chi connectivity index (χ2v) is 6.75. The van der Waals surface area contributed by atoms with Gasteiger partial charge in [0.15, 0.2) is 0 Å². The summed E-state index contributed by atoms with van der Waals surface area (Å²) >= 11 is 1.40. The van der Waals surface area contributed by atoms with Crippen molar-refractivity contribution in [2.24, 2.45) is 0 Å². The zero-order valence-electron chi connectivity index (χ0n) is 13.2. The maximum absolute atomic E-state index is 12.5. The van der Waals surface area contributed by atoms with Crippen molar-refractivity contribution in [1.82, 2.24) is 4.90 Å². The summed E-state index contributed by atoms with van der Waals surface area (Å²) < 4.78 is 5.50. The molecule has 1 aliphatic rings. The normalized spacial score (nSPS) is 17.3. The number of amides is 1. The topological polar surface area (TPSA) is 46.6 Å². The summed E-state index contributed by atoms with van der Waals surface area (Å²) in [6.07, 6.45) is 1.48. The van der Waals surface area contributed by atoms with Crippen LogP contribution in [0.25, 0.3) is 0 Å². The van der Waals surface area contributed by atoms with E-state index >= 15 is 0 Å². The fourth-order valence-corrected chi connectivity index (χ4v) is 3.44. The largest absolute Gasteiger partial charge is 0.425 e. The van der Waals surface area contributed by atoms with Crippen LogP contribution in [0.15, 0.2) is 35.7 Å². The lowest BCUT2D eigenvalue weighted by Gasteiger charge is -2.22. The van der Waals surface area contributed by atoms with Crippen molar-refractivity contribution in [3.05, 3.63) is 51.7 Å². The molecule has 23 heavy (non-hydrogen) atoms. The Bertz CT molecular complexity index is 724. The van der Waals surface area contributed by atoms with Gasteiger partial charge < -0.3 is 9.64 Å². The molecular weight excluding hydrogens is 310 g/mol. The van der Waals surface area contributed by atoms with Crippen LogP contribution in [-0.4, -0.2) is 29.4 Å². The lowest BCUT2D eigenvalue weighted by Crippen LogP contribution is -2.42. The van der Waals surface area contributed by atoms with E-state index in [1.807, 2.05) is 37.4 Å². The predicted octanol–water partition coefficient (Wildman–Crippen LogP) is 3.58. The number of hydrogen-bond acceptors (Lipinski definition) is 4. The average Bonchev–Trinajstić information content (AvgIpc) is 3.21. The molecule has 0 radical (unpaired) electrons. The van der Waals surface area contributed by atoms with Crippen molar-refractivity contribution in [2.45, 2.75) is 32.7 Å². The Morgan fingerprint density at radius 2 is 2.04 bits per heavy atom. The number of rotatable bonds is 3. The van der Waals surface area contributed by atoms with Crippen LogP contribution in [0.4, 0.5) is 0 Å². The van der Waals surface area contributed by atoms with Crippen molar-refractivity contribution in [3.8, 4) is 5.75 Å². The van der Waals surface area contributed by atoms with Gasteiger partial charge in [-0.25, -0.2) is 4.79 Å². The standard InChI is InChI=1S/C18H19NO3S/c1-12-7-8-14(11-13(12)2)22-18(21)15-5-3-9-19(15)17(20)16-6-4-10-23-16/h4,6-8,10-11,15H,3,5,9H2,1-2H3/t15-/m0/s1. The number of aryl methyl sites for hydroxylation is 2. The zero-order chi connectivity index (χ0) is 16.4. The van der Waals surface area contributed by atoms with Crippen molar-refractivity contribution in [2.75, 3.05) is 6.54 Å². The first-order chi connectivity index (χ1) is 11.1. The van der Waals surface area contributed by atoms with E-state index in [0.29, 0.717) is 23.6 Å². The minimum atomic E-state index is -0.494. The molecule has 0 saturated carbocycles. The van der Waals surface area contributed by atoms with Gasteiger partial charge in [-0.3, -0.25) is 4.79 Å². The minimum absolute atomic E-state index is 0.0838. The van der Waals surface area contributed by atoms with E-state index in [-0.39, 0.29) is 11.9 Å². The first kappa shape index (κ1) is 15.7. The van der Waals surface area contributed by atoms with Gasteiger partial charge in [0.05, 0.1) is 4.88 Å². The lowest BCUT2D eigenvalue weighted by molar-refractivity contribution is -0.138. The highest BCUT2D eigenvalue weighted by atomic mass is 32.1. The van der Waals surface area contributed by atoms with E-state index in [4.69, 9.17) is 4.74 Å². The quantitative estimate of drug-likeness (QED) is 0.639. The third kappa shape index (κ3) is 3.29. The zero-order valence-corrected chi connectivity index (χ0v) is 14.1. The van der Waals surface area contributed by atoms with Gasteiger partial charge in [0.25, 0.3) is 5.91 Å². The Morgan fingerprint density at radius 3 is 2.74 bits per heavy atom. The van der Waals surface area contributed by atoms with E-state index in [1.165, 1.54) is 11.3 Å². The first-order valence-electron chi connectivity index (χ1n) is 7.69. The molecule has 0 N–H and O–H groups in total. The van der Waals surface area contributed by atoms with E-state index < -0.39 is 6.04 Å². The summed E-state index contributed by atoms with van der Waals surface area (Å²) in [5.41, 5.74) is 2.23. The molecule has 2 heterocycles.